The summed E-state index contributed by atoms with van der Waals surface area (Å²) in [7, 11) is 0. The molecule has 0 aromatic carbocycles. The molecule has 2 bridgehead atoms. The van der Waals surface area contributed by atoms with Gasteiger partial charge in [0.25, 0.3) is 0 Å². The molecular formula is C21H32N2O6. The highest BCUT2D eigenvalue weighted by atomic mass is 16.5. The van der Waals surface area contributed by atoms with Crippen LogP contribution in [0.2, 0.25) is 0 Å². The lowest BCUT2D eigenvalue weighted by Gasteiger charge is -2.43. The fourth-order valence-electron chi connectivity index (χ4n) is 5.43. The van der Waals surface area contributed by atoms with E-state index in [0.29, 0.717) is 25.8 Å². The van der Waals surface area contributed by atoms with Gasteiger partial charge in [-0.3, -0.25) is 14.4 Å². The third-order valence-corrected chi connectivity index (χ3v) is 6.72. The van der Waals surface area contributed by atoms with Crippen LogP contribution in [0.25, 0.3) is 0 Å². The molecule has 8 heteroatoms. The zero-order valence-corrected chi connectivity index (χ0v) is 17.6. The molecule has 0 aromatic rings. The highest BCUT2D eigenvalue weighted by molar-refractivity contribution is 5.98. The van der Waals surface area contributed by atoms with Gasteiger partial charge < -0.3 is 24.7 Å². The highest BCUT2D eigenvalue weighted by Crippen LogP contribution is 2.59. The topological polar surface area (TPSA) is 107 Å². The third-order valence-electron chi connectivity index (χ3n) is 6.72. The molecule has 3 aliphatic rings. The summed E-state index contributed by atoms with van der Waals surface area (Å²) >= 11 is 0. The number of aliphatic carboxylic acids is 1. The van der Waals surface area contributed by atoms with Crippen LogP contribution in [0.5, 0.6) is 0 Å². The Morgan fingerprint density at radius 3 is 2.59 bits per heavy atom. The number of carbonyl (C=O) groups excluding carboxylic acids is 2. The Bertz CT molecular complexity index is 712. The predicted octanol–water partition coefficient (Wildman–Crippen LogP) is 1.03. The van der Waals surface area contributed by atoms with E-state index in [4.69, 9.17) is 4.74 Å². The molecule has 3 heterocycles. The Labute approximate surface area is 171 Å². The minimum Gasteiger partial charge on any atom is -0.481 e. The number of aliphatic hydroxyl groups is 1. The predicted molar refractivity (Wildman–Crippen MR) is 105 cm³/mol. The van der Waals surface area contributed by atoms with Crippen molar-refractivity contribution in [2.24, 2.45) is 11.8 Å². The number of amides is 2. The molecule has 1 spiro atoms. The van der Waals surface area contributed by atoms with Crippen molar-refractivity contribution in [3.05, 3.63) is 12.7 Å². The largest absolute Gasteiger partial charge is 0.481 e. The van der Waals surface area contributed by atoms with Gasteiger partial charge in [0, 0.05) is 12.1 Å². The molecule has 29 heavy (non-hydrogen) atoms. The van der Waals surface area contributed by atoms with Gasteiger partial charge in [0.2, 0.25) is 11.8 Å². The molecule has 3 fully saturated rings. The fourth-order valence-corrected chi connectivity index (χ4v) is 5.43. The summed E-state index contributed by atoms with van der Waals surface area (Å²) < 4.78 is 6.17. The maximum atomic E-state index is 13.9. The standard InChI is InChI=1S/C21H32N2O6/c1-6-10-22(20(3,4)5)18(26)16-21-9-8-13(29-21)14(19(27)28)15(21)17(25)23(16)12(7-2)11-24/h6,12-16,24H,1,7-11H2,2-5H3,(H,27,28)/t12-,13+,14-,15-,16+,21-/m0/s1. The molecule has 0 saturated carbocycles. The van der Waals surface area contributed by atoms with Crippen LogP contribution >= 0.6 is 0 Å². The number of nitrogens with zero attached hydrogens (tertiary/aromatic N) is 2. The summed E-state index contributed by atoms with van der Waals surface area (Å²) in [6.07, 6.45) is 2.49. The number of likely N-dealkylation sites (tertiary alicyclic amines) is 1. The lowest BCUT2D eigenvalue weighted by atomic mass is 9.70. The van der Waals surface area contributed by atoms with Gasteiger partial charge in [-0.05, 0) is 40.0 Å². The first-order valence-corrected chi connectivity index (χ1v) is 10.3. The molecule has 3 rings (SSSR count). The molecule has 0 unspecified atom stereocenters. The first-order chi connectivity index (χ1) is 13.5. The molecule has 0 aromatic heterocycles. The number of hydrogen-bond acceptors (Lipinski definition) is 5. The SMILES string of the molecule is C=CCN(C(=O)[C@H]1N([C@@H](CC)CO)C(=O)[C@@H]2[C@@H](C(=O)O)[C@H]3CC[C@]21O3)C(C)(C)C. The van der Waals surface area contributed by atoms with Gasteiger partial charge >= 0.3 is 5.97 Å². The van der Waals surface area contributed by atoms with Crippen LogP contribution < -0.4 is 0 Å². The monoisotopic (exact) mass is 408 g/mol. The van der Waals surface area contributed by atoms with Crippen molar-refractivity contribution in [1.82, 2.24) is 9.80 Å². The number of fused-ring (bicyclic) bond motifs is 1. The first-order valence-electron chi connectivity index (χ1n) is 10.3. The number of ether oxygens (including phenoxy) is 1. The zero-order valence-electron chi connectivity index (χ0n) is 17.6. The number of carboxylic acids is 1. The van der Waals surface area contributed by atoms with E-state index in [1.165, 1.54) is 4.90 Å². The van der Waals surface area contributed by atoms with Crippen molar-refractivity contribution in [2.75, 3.05) is 13.2 Å². The number of hydrogen-bond donors (Lipinski definition) is 2. The fraction of sp³-hybridized carbons (Fsp3) is 0.762. The first kappa shape index (κ1) is 21.8. The van der Waals surface area contributed by atoms with E-state index in [0.717, 1.165) is 0 Å². The van der Waals surface area contributed by atoms with Gasteiger partial charge in [-0.15, -0.1) is 6.58 Å². The van der Waals surface area contributed by atoms with E-state index in [-0.39, 0.29) is 12.5 Å². The Hall–Kier alpha value is -1.93. The van der Waals surface area contributed by atoms with E-state index < -0.39 is 53.0 Å². The van der Waals surface area contributed by atoms with Crippen molar-refractivity contribution in [3.63, 3.8) is 0 Å². The Morgan fingerprint density at radius 1 is 1.45 bits per heavy atom. The van der Waals surface area contributed by atoms with E-state index >= 15 is 0 Å². The zero-order chi connectivity index (χ0) is 21.7. The molecular weight excluding hydrogens is 376 g/mol. The van der Waals surface area contributed by atoms with Crippen LogP contribution in [0.3, 0.4) is 0 Å². The van der Waals surface area contributed by atoms with Gasteiger partial charge in [-0.2, -0.15) is 0 Å². The number of aliphatic hydroxyl groups excluding tert-OH is 1. The Balaban J connectivity index is 2.13. The summed E-state index contributed by atoms with van der Waals surface area (Å²) in [5, 5.41) is 19.7. The molecule has 3 saturated heterocycles. The summed E-state index contributed by atoms with van der Waals surface area (Å²) in [5.74, 6) is -3.62. The third kappa shape index (κ3) is 3.08. The molecule has 162 valence electrons. The quantitative estimate of drug-likeness (QED) is 0.610. The van der Waals surface area contributed by atoms with Crippen molar-refractivity contribution in [1.29, 1.82) is 0 Å². The number of carbonyl (C=O) groups is 3. The second kappa shape index (κ2) is 7.40. The second-order valence-corrected chi connectivity index (χ2v) is 9.29. The Morgan fingerprint density at radius 2 is 2.10 bits per heavy atom. The van der Waals surface area contributed by atoms with Crippen LogP contribution in [-0.2, 0) is 19.1 Å². The molecule has 2 amide bonds. The van der Waals surface area contributed by atoms with Crippen molar-refractivity contribution in [2.45, 2.75) is 76.3 Å². The van der Waals surface area contributed by atoms with E-state index in [1.807, 2.05) is 27.7 Å². The van der Waals surface area contributed by atoms with Gasteiger partial charge in [-0.1, -0.05) is 13.0 Å². The maximum Gasteiger partial charge on any atom is 0.310 e. The lowest BCUT2D eigenvalue weighted by Crippen LogP contribution is -2.61. The summed E-state index contributed by atoms with van der Waals surface area (Å²) in [6, 6.07) is -1.52. The van der Waals surface area contributed by atoms with E-state index in [9.17, 15) is 24.6 Å². The van der Waals surface area contributed by atoms with Crippen LogP contribution in [0.15, 0.2) is 12.7 Å². The van der Waals surface area contributed by atoms with Crippen molar-refractivity contribution < 1.29 is 29.3 Å². The van der Waals surface area contributed by atoms with Crippen LogP contribution in [0.1, 0.15) is 47.0 Å². The molecule has 2 N–H and O–H groups in total. The summed E-state index contributed by atoms with van der Waals surface area (Å²) in [6.45, 7) is 11.3. The smallest absolute Gasteiger partial charge is 0.310 e. The van der Waals surface area contributed by atoms with Gasteiger partial charge in [0.05, 0.1) is 30.6 Å². The molecule has 0 radical (unpaired) electrons. The van der Waals surface area contributed by atoms with Crippen molar-refractivity contribution in [3.8, 4) is 0 Å². The molecule has 0 aliphatic carbocycles. The van der Waals surface area contributed by atoms with Gasteiger partial charge in [0.15, 0.2) is 0 Å². The van der Waals surface area contributed by atoms with E-state index in [2.05, 4.69) is 6.58 Å². The van der Waals surface area contributed by atoms with Gasteiger partial charge in [0.1, 0.15) is 11.6 Å². The maximum absolute atomic E-state index is 13.9. The summed E-state index contributed by atoms with van der Waals surface area (Å²) in [4.78, 5) is 42.4. The average molecular weight is 408 g/mol. The molecule has 6 atom stereocenters. The Kier molecular flexibility index (Phi) is 5.55. The summed E-state index contributed by atoms with van der Waals surface area (Å²) in [5.41, 5.74) is -1.69. The van der Waals surface area contributed by atoms with Crippen LogP contribution in [0.4, 0.5) is 0 Å². The van der Waals surface area contributed by atoms with Gasteiger partial charge in [-0.25, -0.2) is 0 Å². The van der Waals surface area contributed by atoms with E-state index in [1.54, 1.807) is 11.0 Å². The molecule has 8 nitrogen and oxygen atoms in total. The minimum atomic E-state index is -1.16. The number of carboxylic acid groups (broad SMARTS) is 1. The normalized spacial score (nSPS) is 34.2. The minimum absolute atomic E-state index is 0.285. The highest BCUT2D eigenvalue weighted by Gasteiger charge is 2.75. The van der Waals surface area contributed by atoms with Crippen molar-refractivity contribution >= 4 is 17.8 Å². The molecule has 3 aliphatic heterocycles. The van der Waals surface area contributed by atoms with Crippen LogP contribution in [0, 0.1) is 11.8 Å². The average Bonchev–Trinajstić information content (AvgIpc) is 3.27. The second-order valence-electron chi connectivity index (χ2n) is 9.29. The lowest BCUT2D eigenvalue weighted by molar-refractivity contribution is -0.155. The number of rotatable bonds is 7. The van der Waals surface area contributed by atoms with Crippen LogP contribution in [-0.4, -0.2) is 80.3 Å².